The van der Waals surface area contributed by atoms with Gasteiger partial charge in [-0.1, -0.05) is 47.8 Å². The Morgan fingerprint density at radius 1 is 1.05 bits per heavy atom. The van der Waals surface area contributed by atoms with Crippen LogP contribution in [0.5, 0.6) is 5.75 Å². The van der Waals surface area contributed by atoms with Gasteiger partial charge in [0.2, 0.25) is 0 Å². The van der Waals surface area contributed by atoms with Crippen LogP contribution in [0.1, 0.15) is 18.9 Å². The molecule has 0 radical (unpaired) electrons. The normalized spacial score (nSPS) is 12.0. The molecule has 0 aromatic heterocycles. The minimum absolute atomic E-state index is 0.0992. The minimum Gasteiger partial charge on any atom is -0.489 e. The van der Waals surface area contributed by atoms with Crippen molar-refractivity contribution in [3.8, 4) is 5.75 Å². The van der Waals surface area contributed by atoms with Crippen LogP contribution in [-0.2, 0) is 0 Å². The largest absolute Gasteiger partial charge is 0.489 e. The highest BCUT2D eigenvalue weighted by atomic mass is 35.5. The zero-order valence-corrected chi connectivity index (χ0v) is 13.7. The molecule has 112 valence electrons. The minimum atomic E-state index is 0.0992. The Labute approximate surface area is 136 Å². The number of aryl methyl sites for hydroxylation is 1. The van der Waals surface area contributed by atoms with Crippen LogP contribution in [-0.4, -0.2) is 12.6 Å². The van der Waals surface area contributed by atoms with Crippen LogP contribution in [0.4, 0.5) is 5.69 Å². The predicted molar refractivity (Wildman–Crippen MR) is 90.8 cm³/mol. The summed E-state index contributed by atoms with van der Waals surface area (Å²) in [6, 6.07) is 13.6. The number of nitrogens with one attached hydrogen (secondary N) is 1. The molecule has 0 saturated heterocycles. The maximum atomic E-state index is 6.00. The van der Waals surface area contributed by atoms with E-state index in [4.69, 9.17) is 27.9 Å². The van der Waals surface area contributed by atoms with Crippen LogP contribution in [0.15, 0.2) is 42.5 Å². The van der Waals surface area contributed by atoms with Gasteiger partial charge in [0, 0.05) is 5.69 Å². The van der Waals surface area contributed by atoms with Gasteiger partial charge >= 0.3 is 0 Å². The zero-order valence-electron chi connectivity index (χ0n) is 12.2. The topological polar surface area (TPSA) is 21.3 Å². The maximum absolute atomic E-state index is 6.00. The Kier molecular flexibility index (Phi) is 5.77. The monoisotopic (exact) mass is 323 g/mol. The van der Waals surface area contributed by atoms with Gasteiger partial charge in [0.05, 0.1) is 16.6 Å². The number of benzene rings is 2. The fourth-order valence-corrected chi connectivity index (χ4v) is 2.21. The van der Waals surface area contributed by atoms with Gasteiger partial charge in [-0.05, 0) is 43.7 Å². The number of hydrogen-bond acceptors (Lipinski definition) is 2. The van der Waals surface area contributed by atoms with Gasteiger partial charge in [-0.25, -0.2) is 0 Å². The molecule has 0 aliphatic rings. The summed E-state index contributed by atoms with van der Waals surface area (Å²) < 4.78 is 5.97. The van der Waals surface area contributed by atoms with Crippen LogP contribution in [0.3, 0.4) is 0 Å². The second-order valence-electron chi connectivity index (χ2n) is 4.97. The predicted octanol–water partition coefficient (Wildman–Crippen LogP) is 5.57. The van der Waals surface area contributed by atoms with Crippen LogP contribution in [0, 0.1) is 6.92 Å². The first-order chi connectivity index (χ1) is 10.1. The van der Waals surface area contributed by atoms with Crippen molar-refractivity contribution >= 4 is 28.9 Å². The van der Waals surface area contributed by atoms with E-state index in [1.54, 1.807) is 6.07 Å². The lowest BCUT2D eigenvalue weighted by molar-refractivity contribution is 0.210. The van der Waals surface area contributed by atoms with Gasteiger partial charge in [0.1, 0.15) is 11.9 Å². The molecular formula is C17H19Cl2NO. The Morgan fingerprint density at radius 2 is 1.76 bits per heavy atom. The fraction of sp³-hybridized carbons (Fsp3) is 0.294. The average molecular weight is 324 g/mol. The summed E-state index contributed by atoms with van der Waals surface area (Å²) >= 11 is 11.9. The van der Waals surface area contributed by atoms with Crippen LogP contribution >= 0.6 is 23.2 Å². The van der Waals surface area contributed by atoms with E-state index in [1.165, 1.54) is 5.56 Å². The number of anilines is 1. The second kappa shape index (κ2) is 7.58. The molecule has 2 aromatic rings. The first-order valence-corrected chi connectivity index (χ1v) is 7.76. The molecule has 1 N–H and O–H groups in total. The molecule has 0 heterocycles. The Balaban J connectivity index is 1.92. The number of hydrogen-bond donors (Lipinski definition) is 1. The van der Waals surface area contributed by atoms with E-state index < -0.39 is 0 Å². The third-order valence-electron chi connectivity index (χ3n) is 3.23. The molecule has 0 fully saturated rings. The van der Waals surface area contributed by atoms with Gasteiger partial charge in [-0.2, -0.15) is 0 Å². The lowest BCUT2D eigenvalue weighted by Crippen LogP contribution is -2.25. The van der Waals surface area contributed by atoms with Crippen molar-refractivity contribution in [3.05, 3.63) is 58.1 Å². The Hall–Kier alpha value is -1.38. The Bertz CT molecular complexity index is 584. The molecule has 4 heteroatoms. The highest BCUT2D eigenvalue weighted by molar-refractivity contribution is 6.42. The van der Waals surface area contributed by atoms with E-state index >= 15 is 0 Å². The van der Waals surface area contributed by atoms with E-state index in [0.717, 1.165) is 17.9 Å². The molecule has 1 atom stereocenters. The standard InChI is InChI=1S/C17H19Cl2NO/c1-3-14(21-15-7-4-12(2)5-8-15)11-20-13-6-9-16(18)17(19)10-13/h4-10,14,20H,3,11H2,1-2H3. The number of halogens is 2. The molecular weight excluding hydrogens is 305 g/mol. The molecule has 1 unspecified atom stereocenters. The Morgan fingerprint density at radius 3 is 2.38 bits per heavy atom. The zero-order chi connectivity index (χ0) is 15.2. The van der Waals surface area contributed by atoms with Crippen molar-refractivity contribution in [2.75, 3.05) is 11.9 Å². The van der Waals surface area contributed by atoms with E-state index in [0.29, 0.717) is 16.6 Å². The molecule has 0 bridgehead atoms. The smallest absolute Gasteiger partial charge is 0.119 e. The summed E-state index contributed by atoms with van der Waals surface area (Å²) in [6.07, 6.45) is 1.02. The van der Waals surface area contributed by atoms with Crippen LogP contribution in [0.2, 0.25) is 10.0 Å². The van der Waals surface area contributed by atoms with Crippen molar-refractivity contribution in [3.63, 3.8) is 0 Å². The third kappa shape index (κ3) is 4.83. The van der Waals surface area contributed by atoms with E-state index in [9.17, 15) is 0 Å². The first kappa shape index (κ1) is 16.0. The van der Waals surface area contributed by atoms with Crippen molar-refractivity contribution in [1.82, 2.24) is 0 Å². The lowest BCUT2D eigenvalue weighted by Gasteiger charge is -2.19. The molecule has 0 amide bonds. The van der Waals surface area contributed by atoms with Crippen molar-refractivity contribution in [1.29, 1.82) is 0 Å². The fourth-order valence-electron chi connectivity index (χ4n) is 1.92. The summed E-state index contributed by atoms with van der Waals surface area (Å²) in [7, 11) is 0. The molecule has 0 aliphatic heterocycles. The molecule has 21 heavy (non-hydrogen) atoms. The number of rotatable bonds is 6. The van der Waals surface area contributed by atoms with E-state index in [1.807, 2.05) is 24.3 Å². The maximum Gasteiger partial charge on any atom is 0.119 e. The van der Waals surface area contributed by atoms with Gasteiger partial charge in [-0.15, -0.1) is 0 Å². The molecule has 2 rings (SSSR count). The van der Waals surface area contributed by atoms with Crippen LogP contribution in [0.25, 0.3) is 0 Å². The van der Waals surface area contributed by atoms with Crippen LogP contribution < -0.4 is 10.1 Å². The molecule has 2 aromatic carbocycles. The molecule has 2 nitrogen and oxygen atoms in total. The summed E-state index contributed by atoms with van der Waals surface area (Å²) in [5.41, 5.74) is 2.17. The number of ether oxygens (including phenoxy) is 1. The highest BCUT2D eigenvalue weighted by Gasteiger charge is 2.08. The third-order valence-corrected chi connectivity index (χ3v) is 3.97. The second-order valence-corrected chi connectivity index (χ2v) is 5.79. The van der Waals surface area contributed by atoms with Gasteiger partial charge in [0.25, 0.3) is 0 Å². The molecule has 0 saturated carbocycles. The van der Waals surface area contributed by atoms with Gasteiger partial charge in [0.15, 0.2) is 0 Å². The summed E-state index contributed by atoms with van der Waals surface area (Å²) in [4.78, 5) is 0. The highest BCUT2D eigenvalue weighted by Crippen LogP contribution is 2.25. The van der Waals surface area contributed by atoms with Crippen molar-refractivity contribution < 1.29 is 4.74 Å². The van der Waals surface area contributed by atoms with Gasteiger partial charge < -0.3 is 10.1 Å². The molecule has 0 aliphatic carbocycles. The lowest BCUT2D eigenvalue weighted by atomic mass is 10.2. The molecule has 0 spiro atoms. The van der Waals surface area contributed by atoms with E-state index in [2.05, 4.69) is 31.3 Å². The van der Waals surface area contributed by atoms with E-state index in [-0.39, 0.29) is 6.10 Å². The van der Waals surface area contributed by atoms with Crippen molar-refractivity contribution in [2.45, 2.75) is 26.4 Å². The quantitative estimate of drug-likeness (QED) is 0.750. The summed E-state index contributed by atoms with van der Waals surface area (Å²) in [6.45, 7) is 4.88. The first-order valence-electron chi connectivity index (χ1n) is 7.00. The van der Waals surface area contributed by atoms with Gasteiger partial charge in [-0.3, -0.25) is 0 Å². The van der Waals surface area contributed by atoms with Crippen molar-refractivity contribution in [2.24, 2.45) is 0 Å². The average Bonchev–Trinajstić information content (AvgIpc) is 2.49. The SMILES string of the molecule is CCC(CNc1ccc(Cl)c(Cl)c1)Oc1ccc(C)cc1. The summed E-state index contributed by atoms with van der Waals surface area (Å²) in [5.74, 6) is 0.892. The summed E-state index contributed by atoms with van der Waals surface area (Å²) in [5, 5.41) is 4.44.